The molecular weight excluding hydrogens is 226 g/mol. The minimum absolute atomic E-state index is 0.141. The van der Waals surface area contributed by atoms with Crippen LogP contribution in [0.5, 0.6) is 5.75 Å². The number of anilines is 1. The Bertz CT molecular complexity index is 370. The molecule has 0 bridgehead atoms. The van der Waals surface area contributed by atoms with E-state index in [1.54, 1.807) is 13.2 Å². The Kier molecular flexibility index (Phi) is 3.56. The molecule has 16 heavy (non-hydrogen) atoms. The standard InChI is InChI=1S/C12H16ClNO2/c1-16-8-9-4-3-7-14(9)10-5-2-6-11(15)12(10)13/h2,5-6,9,15H,3-4,7-8H2,1H3/t9-/m1/s1. The highest BCUT2D eigenvalue weighted by molar-refractivity contribution is 6.34. The average molecular weight is 242 g/mol. The summed E-state index contributed by atoms with van der Waals surface area (Å²) >= 11 is 6.11. The van der Waals surface area contributed by atoms with Crippen LogP contribution < -0.4 is 4.90 Å². The number of nitrogens with zero attached hydrogens (tertiary/aromatic N) is 1. The highest BCUT2D eigenvalue weighted by Gasteiger charge is 2.26. The Balaban J connectivity index is 2.25. The van der Waals surface area contributed by atoms with Crippen molar-refractivity contribution in [2.75, 3.05) is 25.2 Å². The maximum Gasteiger partial charge on any atom is 0.136 e. The van der Waals surface area contributed by atoms with Crippen molar-refractivity contribution in [3.63, 3.8) is 0 Å². The monoisotopic (exact) mass is 241 g/mol. The summed E-state index contributed by atoms with van der Waals surface area (Å²) in [6, 6.07) is 5.73. The summed E-state index contributed by atoms with van der Waals surface area (Å²) in [4.78, 5) is 2.21. The van der Waals surface area contributed by atoms with E-state index in [9.17, 15) is 5.11 Å². The molecule has 1 atom stereocenters. The number of hydrogen-bond acceptors (Lipinski definition) is 3. The number of phenolic OH excluding ortho intramolecular Hbond substituents is 1. The van der Waals surface area contributed by atoms with Crippen LogP contribution in [0.25, 0.3) is 0 Å². The number of ether oxygens (including phenoxy) is 1. The van der Waals surface area contributed by atoms with E-state index in [0.717, 1.165) is 25.1 Å². The first kappa shape index (κ1) is 11.6. The van der Waals surface area contributed by atoms with Gasteiger partial charge in [0, 0.05) is 13.7 Å². The van der Waals surface area contributed by atoms with Gasteiger partial charge in [0.2, 0.25) is 0 Å². The maximum atomic E-state index is 9.59. The van der Waals surface area contributed by atoms with E-state index in [-0.39, 0.29) is 5.75 Å². The molecular formula is C12H16ClNO2. The third kappa shape index (κ3) is 2.11. The Morgan fingerprint density at radius 1 is 1.56 bits per heavy atom. The van der Waals surface area contributed by atoms with Crippen LogP contribution in [-0.2, 0) is 4.74 Å². The van der Waals surface area contributed by atoms with Crippen LogP contribution in [0.15, 0.2) is 18.2 Å². The lowest BCUT2D eigenvalue weighted by Gasteiger charge is -2.27. The van der Waals surface area contributed by atoms with Gasteiger partial charge in [-0.1, -0.05) is 17.7 Å². The van der Waals surface area contributed by atoms with E-state index in [4.69, 9.17) is 16.3 Å². The molecule has 3 nitrogen and oxygen atoms in total. The number of phenols is 1. The fourth-order valence-corrected chi connectivity index (χ4v) is 2.48. The van der Waals surface area contributed by atoms with Crippen LogP contribution in [0, 0.1) is 0 Å². The molecule has 1 aliphatic heterocycles. The van der Waals surface area contributed by atoms with Crippen LogP contribution in [0.3, 0.4) is 0 Å². The Hall–Kier alpha value is -0.930. The number of methoxy groups -OCH3 is 1. The fraction of sp³-hybridized carbons (Fsp3) is 0.500. The fourth-order valence-electron chi connectivity index (χ4n) is 2.25. The molecule has 0 amide bonds. The van der Waals surface area contributed by atoms with E-state index >= 15 is 0 Å². The third-order valence-corrected chi connectivity index (χ3v) is 3.39. The van der Waals surface area contributed by atoms with Crippen LogP contribution in [0.4, 0.5) is 5.69 Å². The zero-order valence-corrected chi connectivity index (χ0v) is 10.1. The minimum Gasteiger partial charge on any atom is -0.506 e. The predicted octanol–water partition coefficient (Wildman–Crippen LogP) is 2.66. The number of aromatic hydroxyl groups is 1. The first-order chi connectivity index (χ1) is 7.74. The summed E-state index contributed by atoms with van der Waals surface area (Å²) in [5.41, 5.74) is 0.904. The second kappa shape index (κ2) is 4.93. The first-order valence-electron chi connectivity index (χ1n) is 5.47. The normalized spacial score (nSPS) is 20.4. The average Bonchev–Trinajstić information content (AvgIpc) is 2.71. The van der Waals surface area contributed by atoms with Gasteiger partial charge in [-0.3, -0.25) is 0 Å². The minimum atomic E-state index is 0.141. The van der Waals surface area contributed by atoms with Gasteiger partial charge in [0.1, 0.15) is 10.8 Å². The van der Waals surface area contributed by atoms with Gasteiger partial charge in [0.25, 0.3) is 0 Å². The molecule has 88 valence electrons. The maximum absolute atomic E-state index is 9.59. The van der Waals surface area contributed by atoms with Crippen molar-refractivity contribution in [1.82, 2.24) is 0 Å². The summed E-state index contributed by atoms with van der Waals surface area (Å²) in [5.74, 6) is 0.141. The smallest absolute Gasteiger partial charge is 0.136 e. The van der Waals surface area contributed by atoms with Gasteiger partial charge in [-0.05, 0) is 25.0 Å². The Morgan fingerprint density at radius 3 is 3.12 bits per heavy atom. The van der Waals surface area contributed by atoms with Crippen molar-refractivity contribution in [3.05, 3.63) is 23.2 Å². The van der Waals surface area contributed by atoms with Gasteiger partial charge in [0.15, 0.2) is 0 Å². The zero-order valence-electron chi connectivity index (χ0n) is 9.32. The third-order valence-electron chi connectivity index (χ3n) is 3.00. The molecule has 1 heterocycles. The van der Waals surface area contributed by atoms with E-state index in [2.05, 4.69) is 4.90 Å². The lowest BCUT2D eigenvalue weighted by Crippen LogP contribution is -2.32. The molecule has 0 spiro atoms. The highest BCUT2D eigenvalue weighted by atomic mass is 35.5. The molecule has 0 unspecified atom stereocenters. The molecule has 1 saturated heterocycles. The van der Waals surface area contributed by atoms with Gasteiger partial charge in [-0.25, -0.2) is 0 Å². The van der Waals surface area contributed by atoms with Crippen molar-refractivity contribution in [2.24, 2.45) is 0 Å². The number of rotatable bonds is 3. The van der Waals surface area contributed by atoms with Crippen LogP contribution >= 0.6 is 11.6 Å². The first-order valence-corrected chi connectivity index (χ1v) is 5.85. The molecule has 1 N–H and O–H groups in total. The highest BCUT2D eigenvalue weighted by Crippen LogP contribution is 2.36. The quantitative estimate of drug-likeness (QED) is 0.883. The lowest BCUT2D eigenvalue weighted by molar-refractivity contribution is 0.181. The molecule has 1 aromatic rings. The van der Waals surface area contributed by atoms with Gasteiger partial charge in [-0.15, -0.1) is 0 Å². The summed E-state index contributed by atoms with van der Waals surface area (Å²) in [6.45, 7) is 1.67. The Labute approximate surface area is 101 Å². The van der Waals surface area contributed by atoms with Crippen molar-refractivity contribution in [3.8, 4) is 5.75 Å². The van der Waals surface area contributed by atoms with Crippen molar-refractivity contribution in [2.45, 2.75) is 18.9 Å². The molecule has 1 aromatic carbocycles. The predicted molar refractivity (Wildman–Crippen MR) is 65.4 cm³/mol. The lowest BCUT2D eigenvalue weighted by atomic mass is 10.2. The van der Waals surface area contributed by atoms with Gasteiger partial charge < -0.3 is 14.7 Å². The molecule has 0 saturated carbocycles. The molecule has 0 radical (unpaired) electrons. The number of halogens is 1. The zero-order chi connectivity index (χ0) is 11.5. The van der Waals surface area contributed by atoms with E-state index in [0.29, 0.717) is 17.7 Å². The molecule has 2 rings (SSSR count). The molecule has 0 aliphatic carbocycles. The summed E-state index contributed by atoms with van der Waals surface area (Å²) in [7, 11) is 1.71. The topological polar surface area (TPSA) is 32.7 Å². The van der Waals surface area contributed by atoms with Gasteiger partial charge in [0.05, 0.1) is 18.3 Å². The Morgan fingerprint density at radius 2 is 2.38 bits per heavy atom. The van der Waals surface area contributed by atoms with Crippen LogP contribution in [0.2, 0.25) is 5.02 Å². The summed E-state index contributed by atoms with van der Waals surface area (Å²) < 4.78 is 5.20. The van der Waals surface area contributed by atoms with E-state index < -0.39 is 0 Å². The van der Waals surface area contributed by atoms with Crippen molar-refractivity contribution in [1.29, 1.82) is 0 Å². The molecule has 1 fully saturated rings. The SMILES string of the molecule is COC[C@H]1CCCN1c1cccc(O)c1Cl. The molecule has 1 aliphatic rings. The molecule has 4 heteroatoms. The molecule has 0 aromatic heterocycles. The number of hydrogen-bond donors (Lipinski definition) is 1. The van der Waals surface area contributed by atoms with Gasteiger partial charge in [-0.2, -0.15) is 0 Å². The number of benzene rings is 1. The largest absolute Gasteiger partial charge is 0.506 e. The van der Waals surface area contributed by atoms with Crippen LogP contribution in [0.1, 0.15) is 12.8 Å². The summed E-state index contributed by atoms with van der Waals surface area (Å²) in [6.07, 6.45) is 2.25. The van der Waals surface area contributed by atoms with E-state index in [1.165, 1.54) is 0 Å². The van der Waals surface area contributed by atoms with E-state index in [1.807, 2.05) is 12.1 Å². The second-order valence-electron chi connectivity index (χ2n) is 4.06. The van der Waals surface area contributed by atoms with Crippen molar-refractivity contribution >= 4 is 17.3 Å². The van der Waals surface area contributed by atoms with Crippen LogP contribution in [-0.4, -0.2) is 31.4 Å². The van der Waals surface area contributed by atoms with Crippen molar-refractivity contribution < 1.29 is 9.84 Å². The van der Waals surface area contributed by atoms with Gasteiger partial charge >= 0.3 is 0 Å². The second-order valence-corrected chi connectivity index (χ2v) is 4.43. The summed E-state index contributed by atoms with van der Waals surface area (Å²) in [5, 5.41) is 10.0.